The van der Waals surface area contributed by atoms with Gasteiger partial charge in [0.15, 0.2) is 6.10 Å². The predicted octanol–water partition coefficient (Wildman–Crippen LogP) is 8.17. The molecule has 0 fully saturated rings. The van der Waals surface area contributed by atoms with Gasteiger partial charge in [-0.2, -0.15) is 0 Å². The first-order valence-corrected chi connectivity index (χ1v) is 19.2. The molecule has 4 N–H and O–H groups in total. The van der Waals surface area contributed by atoms with Crippen LogP contribution in [0, 0.1) is 0 Å². The summed E-state index contributed by atoms with van der Waals surface area (Å²) in [5.41, 5.74) is 5.28. The van der Waals surface area contributed by atoms with Crippen LogP contribution in [0.15, 0.2) is 12.2 Å². The minimum atomic E-state index is -4.69. The Morgan fingerprint density at radius 2 is 1.09 bits per heavy atom. The first-order valence-electron chi connectivity index (χ1n) is 17.7. The molecule has 0 heterocycles. The van der Waals surface area contributed by atoms with Crippen LogP contribution < -0.4 is 5.73 Å². The lowest BCUT2D eigenvalue weighted by Gasteiger charge is -2.20. The molecular weight excluding hydrogens is 613 g/mol. The molecular formula is C34H64NO10P. The number of aliphatic carboxylic acids is 1. The van der Waals surface area contributed by atoms with E-state index < -0.39 is 51.1 Å². The highest BCUT2D eigenvalue weighted by molar-refractivity contribution is 7.47. The molecule has 0 aromatic rings. The van der Waals surface area contributed by atoms with E-state index in [1.807, 2.05) is 6.92 Å². The van der Waals surface area contributed by atoms with Crippen LogP contribution in [-0.4, -0.2) is 59.9 Å². The number of nitrogens with two attached hydrogens (primary N) is 1. The zero-order chi connectivity index (χ0) is 34.3. The number of hydrogen-bond donors (Lipinski definition) is 3. The van der Waals surface area contributed by atoms with Crippen LogP contribution in [0.25, 0.3) is 0 Å². The first-order chi connectivity index (χ1) is 22.1. The Hall–Kier alpha value is -1.78. The summed E-state index contributed by atoms with van der Waals surface area (Å²) in [5.74, 6) is -2.41. The Bertz CT molecular complexity index is 854. The maximum Gasteiger partial charge on any atom is 0.472 e. The zero-order valence-corrected chi connectivity index (χ0v) is 29.6. The van der Waals surface area contributed by atoms with Crippen molar-refractivity contribution in [1.82, 2.24) is 0 Å². The van der Waals surface area contributed by atoms with Gasteiger partial charge in [-0.05, 0) is 38.5 Å². The first kappa shape index (κ1) is 44.2. The van der Waals surface area contributed by atoms with Gasteiger partial charge < -0.3 is 25.2 Å². The minimum Gasteiger partial charge on any atom is -0.480 e. The fourth-order valence-corrected chi connectivity index (χ4v) is 5.42. The summed E-state index contributed by atoms with van der Waals surface area (Å²) in [5, 5.41) is 8.79. The quantitative estimate of drug-likeness (QED) is 0.0265. The third kappa shape index (κ3) is 29.6. The normalized spacial score (nSPS) is 14.2. The molecule has 0 radical (unpaired) electrons. The lowest BCUT2D eigenvalue weighted by atomic mass is 10.1. The SMILES string of the molecule is CCCCCCCC/C=C\CCCCCCCCCCCC(=O)OC(COC(=O)CCCCC)COP(=O)(O)OCC(N)C(=O)O. The largest absolute Gasteiger partial charge is 0.480 e. The van der Waals surface area contributed by atoms with Gasteiger partial charge in [0.05, 0.1) is 13.2 Å². The second-order valence-corrected chi connectivity index (χ2v) is 13.5. The van der Waals surface area contributed by atoms with Gasteiger partial charge in [-0.25, -0.2) is 4.57 Å². The Morgan fingerprint density at radius 3 is 1.63 bits per heavy atom. The van der Waals surface area contributed by atoms with Crippen molar-refractivity contribution in [3.05, 3.63) is 12.2 Å². The van der Waals surface area contributed by atoms with Crippen molar-refractivity contribution >= 4 is 25.7 Å². The highest BCUT2D eigenvalue weighted by Gasteiger charge is 2.28. The Kier molecular flexibility index (Phi) is 29.4. The van der Waals surface area contributed by atoms with E-state index >= 15 is 0 Å². The van der Waals surface area contributed by atoms with Gasteiger partial charge >= 0.3 is 25.7 Å². The van der Waals surface area contributed by atoms with Crippen LogP contribution in [0.3, 0.4) is 0 Å². The maximum absolute atomic E-state index is 12.4. The molecule has 0 aromatic heterocycles. The number of phosphoric acid groups is 1. The standard InChI is InChI=1S/C34H64NO10P/c1-3-5-7-8-9-10-11-12-13-14-15-16-17-18-19-20-21-22-24-26-33(37)45-30(27-42-32(36)25-23-6-4-2)28-43-46(40,41)44-29-31(35)34(38)39/h12-13,30-31H,3-11,14-29,35H2,1-2H3,(H,38,39)(H,40,41)/b13-12-. The third-order valence-electron chi connectivity index (χ3n) is 7.51. The summed E-state index contributed by atoms with van der Waals surface area (Å²) in [7, 11) is -4.69. The summed E-state index contributed by atoms with van der Waals surface area (Å²) in [4.78, 5) is 45.1. The average Bonchev–Trinajstić information content (AvgIpc) is 3.02. The van der Waals surface area contributed by atoms with E-state index in [2.05, 4.69) is 23.6 Å². The van der Waals surface area contributed by atoms with Crippen LogP contribution in [0.4, 0.5) is 0 Å². The summed E-state index contributed by atoms with van der Waals surface area (Å²) >= 11 is 0. The Balaban J connectivity index is 4.16. The zero-order valence-electron chi connectivity index (χ0n) is 28.7. The van der Waals surface area contributed by atoms with Gasteiger partial charge in [-0.3, -0.25) is 23.4 Å². The molecule has 0 spiro atoms. The molecule has 12 heteroatoms. The fourth-order valence-electron chi connectivity index (χ4n) is 4.65. The molecule has 3 atom stereocenters. The number of rotatable bonds is 33. The lowest BCUT2D eigenvalue weighted by molar-refractivity contribution is -0.161. The smallest absolute Gasteiger partial charge is 0.472 e. The van der Waals surface area contributed by atoms with Crippen molar-refractivity contribution in [2.45, 2.75) is 167 Å². The van der Waals surface area contributed by atoms with Gasteiger partial charge in [0.25, 0.3) is 0 Å². The van der Waals surface area contributed by atoms with E-state index in [0.717, 1.165) is 32.1 Å². The molecule has 0 aliphatic carbocycles. The Labute approximate surface area is 278 Å². The summed E-state index contributed by atoms with van der Waals surface area (Å²) in [6.45, 7) is 2.58. The second-order valence-electron chi connectivity index (χ2n) is 12.0. The number of carbonyl (C=O) groups is 3. The molecule has 0 saturated heterocycles. The number of hydrogen-bond acceptors (Lipinski definition) is 9. The molecule has 0 bridgehead atoms. The van der Waals surface area contributed by atoms with Gasteiger partial charge in [0.2, 0.25) is 0 Å². The fraction of sp³-hybridized carbons (Fsp3) is 0.853. The van der Waals surface area contributed by atoms with Crippen molar-refractivity contribution in [3.63, 3.8) is 0 Å². The summed E-state index contributed by atoms with van der Waals surface area (Å²) < 4.78 is 32.1. The molecule has 0 aliphatic heterocycles. The van der Waals surface area contributed by atoms with Crippen LogP contribution in [-0.2, 0) is 37.5 Å². The maximum atomic E-state index is 12.4. The van der Waals surface area contributed by atoms with E-state index in [-0.39, 0.29) is 19.4 Å². The van der Waals surface area contributed by atoms with Crippen molar-refractivity contribution in [2.75, 3.05) is 19.8 Å². The molecule has 11 nitrogen and oxygen atoms in total. The number of phosphoric ester groups is 1. The van der Waals surface area contributed by atoms with Gasteiger partial charge in [0, 0.05) is 12.8 Å². The number of carbonyl (C=O) groups excluding carboxylic acids is 2. The van der Waals surface area contributed by atoms with Crippen molar-refractivity contribution in [2.24, 2.45) is 5.73 Å². The van der Waals surface area contributed by atoms with Crippen LogP contribution >= 0.6 is 7.82 Å². The average molecular weight is 678 g/mol. The molecule has 46 heavy (non-hydrogen) atoms. The number of unbranched alkanes of at least 4 members (excludes halogenated alkanes) is 17. The van der Waals surface area contributed by atoms with E-state index in [0.29, 0.717) is 12.8 Å². The molecule has 0 rings (SSSR count). The summed E-state index contributed by atoms with van der Waals surface area (Å²) in [6, 6.07) is -1.52. The van der Waals surface area contributed by atoms with Crippen molar-refractivity contribution in [1.29, 1.82) is 0 Å². The molecule has 270 valence electrons. The van der Waals surface area contributed by atoms with E-state index in [1.54, 1.807) is 0 Å². The highest BCUT2D eigenvalue weighted by Crippen LogP contribution is 2.43. The van der Waals surface area contributed by atoms with E-state index in [9.17, 15) is 23.8 Å². The second kappa shape index (κ2) is 30.5. The van der Waals surface area contributed by atoms with Gasteiger partial charge in [-0.15, -0.1) is 0 Å². The topological polar surface area (TPSA) is 172 Å². The number of esters is 2. The van der Waals surface area contributed by atoms with Gasteiger partial charge in [0.1, 0.15) is 12.6 Å². The molecule has 0 aromatic carbocycles. The Morgan fingerprint density at radius 1 is 0.652 bits per heavy atom. The van der Waals surface area contributed by atoms with Crippen LogP contribution in [0.2, 0.25) is 0 Å². The minimum absolute atomic E-state index is 0.161. The lowest BCUT2D eigenvalue weighted by Crippen LogP contribution is -2.34. The number of allylic oxidation sites excluding steroid dienone is 2. The van der Waals surface area contributed by atoms with E-state index in [4.69, 9.17) is 24.8 Å². The van der Waals surface area contributed by atoms with Crippen molar-refractivity contribution < 1.29 is 47.5 Å². The van der Waals surface area contributed by atoms with Crippen molar-refractivity contribution in [3.8, 4) is 0 Å². The van der Waals surface area contributed by atoms with Crippen LogP contribution in [0.1, 0.15) is 155 Å². The molecule has 0 saturated carbocycles. The molecule has 0 amide bonds. The van der Waals surface area contributed by atoms with Gasteiger partial charge in [-0.1, -0.05) is 116 Å². The number of carboxylic acids is 1. The van der Waals surface area contributed by atoms with Crippen LogP contribution in [0.5, 0.6) is 0 Å². The summed E-state index contributed by atoms with van der Waals surface area (Å²) in [6.07, 6.45) is 26.7. The number of carboxylic acid groups (broad SMARTS) is 1. The molecule has 3 unspecified atom stereocenters. The highest BCUT2D eigenvalue weighted by atomic mass is 31.2. The predicted molar refractivity (Wildman–Crippen MR) is 180 cm³/mol. The number of ether oxygens (including phenoxy) is 2. The van der Waals surface area contributed by atoms with E-state index in [1.165, 1.54) is 83.5 Å². The third-order valence-corrected chi connectivity index (χ3v) is 8.46. The molecule has 0 aliphatic rings. The monoisotopic (exact) mass is 677 g/mol.